The quantitative estimate of drug-likeness (QED) is 0.479. The van der Waals surface area contributed by atoms with E-state index >= 15 is 0 Å². The summed E-state index contributed by atoms with van der Waals surface area (Å²) in [6.45, 7) is 12.6. The smallest absolute Gasteiger partial charge is 0.306 e. The van der Waals surface area contributed by atoms with E-state index in [0.29, 0.717) is 36.0 Å². The number of carbonyl (C=O) groups excluding carboxylic acids is 1. The third-order valence-corrected chi connectivity index (χ3v) is 10.9. The highest BCUT2D eigenvalue weighted by molar-refractivity contribution is 5.69. The highest BCUT2D eigenvalue weighted by Crippen LogP contribution is 2.68. The Hall–Kier alpha value is -0.650. The number of carbonyl (C=O) groups is 1. The zero-order valence-corrected chi connectivity index (χ0v) is 22.4. The van der Waals surface area contributed by atoms with Gasteiger partial charge in [-0.05, 0) is 125 Å². The molecule has 0 aromatic carbocycles. The maximum absolute atomic E-state index is 12.2. The average molecular weight is 479 g/mol. The van der Waals surface area contributed by atoms with Crippen molar-refractivity contribution in [2.45, 2.75) is 130 Å². The normalized spacial score (nSPS) is 47.3. The van der Waals surface area contributed by atoms with E-state index in [-0.39, 0.29) is 41.0 Å². The van der Waals surface area contributed by atoms with Crippen LogP contribution in [0.15, 0.2) is 0 Å². The second-order valence-electron chi connectivity index (χ2n) is 14.1. The first-order valence-electron chi connectivity index (χ1n) is 14.0. The summed E-state index contributed by atoms with van der Waals surface area (Å²) < 4.78 is 5.49. The van der Waals surface area contributed by atoms with E-state index in [4.69, 9.17) is 4.74 Å². The molecule has 0 amide bonds. The van der Waals surface area contributed by atoms with E-state index in [1.807, 2.05) is 20.8 Å². The molecule has 0 aliphatic heterocycles. The SMILES string of the molecule is CC(CCC(=O)OC(C)(C)C)CC1CCC2C3C(O)CC4CC(O)CCC4(C)C3CC(O)C12C. The molecule has 0 saturated heterocycles. The van der Waals surface area contributed by atoms with Gasteiger partial charge in [-0.2, -0.15) is 0 Å². The van der Waals surface area contributed by atoms with Crippen molar-refractivity contribution in [3.63, 3.8) is 0 Å². The fourth-order valence-corrected chi connectivity index (χ4v) is 9.04. The molecule has 0 heterocycles. The lowest BCUT2D eigenvalue weighted by Crippen LogP contribution is -2.62. The van der Waals surface area contributed by atoms with Gasteiger partial charge in [0.15, 0.2) is 0 Å². The molecular formula is C29H50O5. The molecular weight excluding hydrogens is 428 g/mol. The molecule has 0 aromatic rings. The van der Waals surface area contributed by atoms with Crippen molar-refractivity contribution in [2.24, 2.45) is 46.3 Å². The molecule has 0 spiro atoms. The highest BCUT2D eigenvalue weighted by atomic mass is 16.6. The van der Waals surface area contributed by atoms with Gasteiger partial charge < -0.3 is 20.1 Å². The third-order valence-electron chi connectivity index (χ3n) is 10.9. The topological polar surface area (TPSA) is 87.0 Å². The van der Waals surface area contributed by atoms with Crippen molar-refractivity contribution in [3.05, 3.63) is 0 Å². The van der Waals surface area contributed by atoms with Gasteiger partial charge in [0.25, 0.3) is 0 Å². The minimum atomic E-state index is -0.442. The van der Waals surface area contributed by atoms with Gasteiger partial charge in [0.2, 0.25) is 0 Å². The number of rotatable bonds is 5. The lowest BCUT2D eigenvalue weighted by Gasteiger charge is -2.63. The van der Waals surface area contributed by atoms with Crippen LogP contribution in [0.3, 0.4) is 0 Å². The van der Waals surface area contributed by atoms with Crippen LogP contribution in [-0.4, -0.2) is 45.2 Å². The number of aliphatic hydroxyl groups is 3. The van der Waals surface area contributed by atoms with Crippen LogP contribution in [0.25, 0.3) is 0 Å². The predicted octanol–water partition coefficient (Wildman–Crippen LogP) is 5.10. The van der Waals surface area contributed by atoms with E-state index in [1.54, 1.807) is 0 Å². The summed E-state index contributed by atoms with van der Waals surface area (Å²) in [5, 5.41) is 33.3. The predicted molar refractivity (Wildman–Crippen MR) is 133 cm³/mol. The van der Waals surface area contributed by atoms with E-state index in [1.165, 1.54) is 0 Å². The summed E-state index contributed by atoms with van der Waals surface area (Å²) in [7, 11) is 0. The Balaban J connectivity index is 1.45. The van der Waals surface area contributed by atoms with E-state index in [0.717, 1.165) is 57.8 Å². The molecule has 11 unspecified atom stereocenters. The van der Waals surface area contributed by atoms with Gasteiger partial charge in [0.05, 0.1) is 18.3 Å². The van der Waals surface area contributed by atoms with Crippen LogP contribution in [0.5, 0.6) is 0 Å². The first-order valence-corrected chi connectivity index (χ1v) is 14.0. The molecule has 0 aromatic heterocycles. The Morgan fingerprint density at radius 3 is 2.41 bits per heavy atom. The van der Waals surface area contributed by atoms with Crippen molar-refractivity contribution in [3.8, 4) is 0 Å². The summed E-state index contributed by atoms with van der Waals surface area (Å²) >= 11 is 0. The number of fused-ring (bicyclic) bond motifs is 5. The molecule has 4 aliphatic carbocycles. The molecule has 4 saturated carbocycles. The van der Waals surface area contributed by atoms with Crippen LogP contribution in [0.4, 0.5) is 0 Å². The summed E-state index contributed by atoms with van der Waals surface area (Å²) in [5.41, 5.74) is -0.494. The summed E-state index contributed by atoms with van der Waals surface area (Å²) in [4.78, 5) is 12.2. The fraction of sp³-hybridized carbons (Fsp3) is 0.966. The fourth-order valence-electron chi connectivity index (χ4n) is 9.04. The largest absolute Gasteiger partial charge is 0.460 e. The second kappa shape index (κ2) is 9.34. The molecule has 5 nitrogen and oxygen atoms in total. The highest BCUT2D eigenvalue weighted by Gasteiger charge is 2.65. The first-order chi connectivity index (χ1) is 15.8. The van der Waals surface area contributed by atoms with Gasteiger partial charge in [-0.3, -0.25) is 4.79 Å². The Labute approximate surface area is 207 Å². The van der Waals surface area contributed by atoms with Gasteiger partial charge in [0, 0.05) is 6.42 Å². The van der Waals surface area contributed by atoms with Crippen LogP contribution in [0, 0.1) is 46.3 Å². The minimum absolute atomic E-state index is 0.115. The Kier molecular flexibility index (Phi) is 7.25. The van der Waals surface area contributed by atoms with Crippen molar-refractivity contribution < 1.29 is 24.9 Å². The van der Waals surface area contributed by atoms with Crippen LogP contribution >= 0.6 is 0 Å². The Bertz CT molecular complexity index is 745. The van der Waals surface area contributed by atoms with Crippen LogP contribution in [0.1, 0.15) is 106 Å². The summed E-state index contributed by atoms with van der Waals surface area (Å²) in [6.07, 6.45) is 7.79. The standard InChI is InChI=1S/C29H50O5/c1-17(7-10-25(33)34-27(2,3)4)13-18-8-9-21-26-22(16-24(32)29(18,21)6)28(5)12-11-20(30)14-19(28)15-23(26)31/h17-24,26,30-32H,7-16H2,1-6H3. The van der Waals surface area contributed by atoms with Gasteiger partial charge in [-0.15, -0.1) is 0 Å². The lowest BCUT2D eigenvalue weighted by atomic mass is 9.43. The van der Waals surface area contributed by atoms with Crippen LogP contribution < -0.4 is 0 Å². The van der Waals surface area contributed by atoms with E-state index < -0.39 is 5.60 Å². The number of esters is 1. The van der Waals surface area contributed by atoms with E-state index in [2.05, 4.69) is 20.8 Å². The molecule has 0 radical (unpaired) electrons. The molecule has 0 bridgehead atoms. The van der Waals surface area contributed by atoms with Gasteiger partial charge in [-0.1, -0.05) is 20.8 Å². The van der Waals surface area contributed by atoms with Crippen LogP contribution in [-0.2, 0) is 9.53 Å². The zero-order chi connectivity index (χ0) is 25.1. The zero-order valence-electron chi connectivity index (χ0n) is 22.4. The molecule has 4 rings (SSSR count). The Morgan fingerprint density at radius 1 is 1.03 bits per heavy atom. The number of ether oxygens (including phenoxy) is 1. The first kappa shape index (κ1) is 26.4. The number of hydrogen-bond acceptors (Lipinski definition) is 5. The summed E-state index contributed by atoms with van der Waals surface area (Å²) in [6, 6.07) is 0. The average Bonchev–Trinajstić information content (AvgIpc) is 3.05. The second-order valence-corrected chi connectivity index (χ2v) is 14.1. The van der Waals surface area contributed by atoms with Gasteiger partial charge in [-0.25, -0.2) is 0 Å². The monoisotopic (exact) mass is 478 g/mol. The van der Waals surface area contributed by atoms with Crippen LogP contribution in [0.2, 0.25) is 0 Å². The summed E-state index contributed by atoms with van der Waals surface area (Å²) in [5.74, 6) is 2.00. The van der Waals surface area contributed by atoms with E-state index in [9.17, 15) is 20.1 Å². The van der Waals surface area contributed by atoms with Crippen molar-refractivity contribution in [1.82, 2.24) is 0 Å². The molecule has 4 aliphatic rings. The molecule has 34 heavy (non-hydrogen) atoms. The van der Waals surface area contributed by atoms with Crippen molar-refractivity contribution >= 4 is 5.97 Å². The molecule has 3 N–H and O–H groups in total. The van der Waals surface area contributed by atoms with Gasteiger partial charge in [0.1, 0.15) is 5.60 Å². The minimum Gasteiger partial charge on any atom is -0.460 e. The molecule has 196 valence electrons. The van der Waals surface area contributed by atoms with Crippen molar-refractivity contribution in [2.75, 3.05) is 0 Å². The lowest BCUT2D eigenvalue weighted by molar-refractivity contribution is -0.205. The number of hydrogen-bond donors (Lipinski definition) is 3. The molecule has 4 fully saturated rings. The number of aliphatic hydroxyl groups excluding tert-OH is 3. The molecule has 11 atom stereocenters. The maximum Gasteiger partial charge on any atom is 0.306 e. The third kappa shape index (κ3) is 4.70. The van der Waals surface area contributed by atoms with Gasteiger partial charge >= 0.3 is 5.97 Å². The van der Waals surface area contributed by atoms with Crippen molar-refractivity contribution in [1.29, 1.82) is 0 Å². The maximum atomic E-state index is 12.2. The molecule has 5 heteroatoms. The Morgan fingerprint density at radius 2 is 1.74 bits per heavy atom.